The minimum Gasteiger partial charge on any atom is -0.455 e. The Morgan fingerprint density at radius 2 is 0.892 bits per heavy atom. The molecule has 13 aromatic rings. The fraction of sp³-hybridized carbons (Fsp3) is 0. The largest absolute Gasteiger partial charge is 0.455 e. The van der Waals surface area contributed by atoms with E-state index in [9.17, 15) is 0 Å². The molecule has 0 atom stereocenters. The second kappa shape index (κ2) is 15.2. The number of rotatable bonds is 7. The maximum atomic E-state index is 7.07. The quantitative estimate of drug-likeness (QED) is 0.149. The van der Waals surface area contributed by atoms with Crippen LogP contribution in [-0.2, 0) is 0 Å². The molecule has 0 bridgehead atoms. The van der Waals surface area contributed by atoms with Crippen LogP contribution in [0.5, 0.6) is 0 Å². The molecule has 0 N–H and O–H groups in total. The first-order valence-corrected chi connectivity index (χ1v) is 23.0. The van der Waals surface area contributed by atoms with Crippen LogP contribution in [0.2, 0.25) is 0 Å². The Hall–Kier alpha value is -8.24. The lowest BCUT2D eigenvalue weighted by atomic mass is 9.97. The van der Waals surface area contributed by atoms with E-state index in [-0.39, 0.29) is 0 Å². The van der Waals surface area contributed by atoms with Crippen molar-refractivity contribution in [1.82, 2.24) is 0 Å². The molecule has 2 aromatic heterocycles. The van der Waals surface area contributed by atoms with E-state index in [1.165, 1.54) is 64.0 Å². The lowest BCUT2D eigenvalue weighted by molar-refractivity contribution is 0.670. The zero-order valence-corrected chi connectivity index (χ0v) is 36.1. The minimum absolute atomic E-state index is 0.859. The van der Waals surface area contributed by atoms with Gasteiger partial charge in [0.2, 0.25) is 0 Å². The molecular weight excluding hydrogens is 807 g/mol. The number of hydrogen-bond acceptors (Lipinski definition) is 3. The lowest BCUT2D eigenvalue weighted by Gasteiger charge is -2.28. The van der Waals surface area contributed by atoms with E-state index in [0.29, 0.717) is 0 Å². The van der Waals surface area contributed by atoms with Gasteiger partial charge in [0, 0.05) is 36.8 Å². The molecule has 0 aliphatic carbocycles. The fourth-order valence-electron chi connectivity index (χ4n) is 9.91. The zero-order valence-electron chi connectivity index (χ0n) is 35.3. The van der Waals surface area contributed by atoms with Gasteiger partial charge >= 0.3 is 0 Å². The van der Waals surface area contributed by atoms with E-state index in [2.05, 4.69) is 241 Å². The highest BCUT2D eigenvalue weighted by Crippen LogP contribution is 2.50. The maximum absolute atomic E-state index is 7.07. The third-order valence-corrected chi connectivity index (χ3v) is 14.2. The van der Waals surface area contributed by atoms with Crippen molar-refractivity contribution in [3.63, 3.8) is 0 Å². The monoisotopic (exact) mass is 845 g/mol. The first kappa shape index (κ1) is 37.3. The molecule has 11 aromatic carbocycles. The molecule has 3 heteroatoms. The van der Waals surface area contributed by atoms with Crippen LogP contribution in [0.1, 0.15) is 0 Å². The summed E-state index contributed by atoms with van der Waals surface area (Å²) in [6, 6.07) is 85.8. The van der Waals surface area contributed by atoms with Crippen molar-refractivity contribution in [2.75, 3.05) is 4.90 Å². The van der Waals surface area contributed by atoms with Crippen molar-refractivity contribution in [2.24, 2.45) is 0 Å². The van der Waals surface area contributed by atoms with Crippen molar-refractivity contribution >= 4 is 92.1 Å². The zero-order chi connectivity index (χ0) is 42.8. The first-order chi connectivity index (χ1) is 32.2. The smallest absolute Gasteiger partial charge is 0.145 e. The van der Waals surface area contributed by atoms with Gasteiger partial charge < -0.3 is 9.32 Å². The maximum Gasteiger partial charge on any atom is 0.145 e. The molecule has 0 aliphatic heterocycles. The molecule has 2 nitrogen and oxygen atoms in total. The molecule has 13 rings (SSSR count). The first-order valence-electron chi connectivity index (χ1n) is 22.1. The van der Waals surface area contributed by atoms with Gasteiger partial charge in [-0.2, -0.15) is 0 Å². The molecule has 0 fully saturated rings. The minimum atomic E-state index is 0.859. The van der Waals surface area contributed by atoms with E-state index >= 15 is 0 Å². The topological polar surface area (TPSA) is 16.4 Å². The molecule has 0 aliphatic rings. The fourth-order valence-corrected chi connectivity index (χ4v) is 11.1. The van der Waals surface area contributed by atoms with Crippen LogP contribution in [0.4, 0.5) is 17.1 Å². The summed E-state index contributed by atoms with van der Waals surface area (Å²) in [6.45, 7) is 0. The molecule has 0 amide bonds. The SMILES string of the molecule is c1ccc(-c2ccc3c(c2)oc2c(-c4ccccc4)ccc(N(c4ccc(-c5ccc6c(ccc7ccccc76)c5)cc4)c4cccc5sc6cc(-c7ccccc7)ccc6c45)c23)cc1. The molecular formula is C62H39NOS. The van der Waals surface area contributed by atoms with Crippen LogP contribution in [-0.4, -0.2) is 0 Å². The van der Waals surface area contributed by atoms with E-state index in [0.717, 1.165) is 61.3 Å². The van der Waals surface area contributed by atoms with Gasteiger partial charge in [-0.25, -0.2) is 0 Å². The molecule has 2 heterocycles. The van der Waals surface area contributed by atoms with Crippen molar-refractivity contribution in [3.8, 4) is 44.5 Å². The predicted octanol–water partition coefficient (Wildman–Crippen LogP) is 18.4. The van der Waals surface area contributed by atoms with Crippen molar-refractivity contribution < 1.29 is 4.42 Å². The summed E-state index contributed by atoms with van der Waals surface area (Å²) in [7, 11) is 0. The van der Waals surface area contributed by atoms with Gasteiger partial charge in [0.1, 0.15) is 11.2 Å². The van der Waals surface area contributed by atoms with Crippen LogP contribution >= 0.6 is 11.3 Å². The Labute approximate surface area is 380 Å². The number of nitrogens with zero attached hydrogens (tertiary/aromatic N) is 1. The molecule has 304 valence electrons. The van der Waals surface area contributed by atoms with Gasteiger partial charge in [-0.3, -0.25) is 0 Å². The number of fused-ring (bicyclic) bond motifs is 9. The Morgan fingerprint density at radius 3 is 1.65 bits per heavy atom. The summed E-state index contributed by atoms with van der Waals surface area (Å²) in [5.41, 5.74) is 14.2. The van der Waals surface area contributed by atoms with Gasteiger partial charge in [0.25, 0.3) is 0 Å². The van der Waals surface area contributed by atoms with Crippen LogP contribution in [0.25, 0.3) is 108 Å². The van der Waals surface area contributed by atoms with Crippen molar-refractivity contribution in [1.29, 1.82) is 0 Å². The van der Waals surface area contributed by atoms with E-state index in [1.807, 2.05) is 11.3 Å². The highest BCUT2D eigenvalue weighted by Gasteiger charge is 2.25. The third-order valence-electron chi connectivity index (χ3n) is 13.1. The van der Waals surface area contributed by atoms with E-state index in [4.69, 9.17) is 4.42 Å². The standard InChI is InChI=1S/C62H39NOS/c1-4-13-40(14-5-1)46-28-33-53-57(38-46)64-62-52(43-17-8-3-9-18-43)35-36-56(61(53)62)63(55-21-12-22-58-60(55)54-34-29-47(39-59(54)65-58)41-15-6-2-7-16-41)49-30-25-42(26-31-49)45-27-32-51-48(37-45)24-23-44-19-10-11-20-50(44)51/h1-39H. The summed E-state index contributed by atoms with van der Waals surface area (Å²) in [4.78, 5) is 2.47. The highest BCUT2D eigenvalue weighted by molar-refractivity contribution is 7.26. The highest BCUT2D eigenvalue weighted by atomic mass is 32.1. The predicted molar refractivity (Wildman–Crippen MR) is 278 cm³/mol. The molecule has 0 radical (unpaired) electrons. The van der Waals surface area contributed by atoms with Gasteiger partial charge in [-0.05, 0) is 121 Å². The normalized spacial score (nSPS) is 11.7. The summed E-state index contributed by atoms with van der Waals surface area (Å²) in [5, 5.41) is 9.68. The average molecular weight is 846 g/mol. The van der Waals surface area contributed by atoms with E-state index in [1.54, 1.807) is 0 Å². The van der Waals surface area contributed by atoms with E-state index < -0.39 is 0 Å². The lowest BCUT2D eigenvalue weighted by Crippen LogP contribution is -2.11. The van der Waals surface area contributed by atoms with Gasteiger partial charge in [-0.15, -0.1) is 11.3 Å². The van der Waals surface area contributed by atoms with Crippen molar-refractivity contribution in [3.05, 3.63) is 237 Å². The Bertz CT molecular complexity index is 3920. The number of benzene rings is 11. The molecule has 0 unspecified atom stereocenters. The number of furan rings is 1. The van der Waals surface area contributed by atoms with Gasteiger partial charge in [-0.1, -0.05) is 176 Å². The van der Waals surface area contributed by atoms with Crippen molar-refractivity contribution in [2.45, 2.75) is 0 Å². The number of hydrogen-bond donors (Lipinski definition) is 0. The summed E-state index contributed by atoms with van der Waals surface area (Å²) in [6.07, 6.45) is 0. The summed E-state index contributed by atoms with van der Waals surface area (Å²) >= 11 is 1.86. The second-order valence-electron chi connectivity index (χ2n) is 16.8. The van der Waals surface area contributed by atoms with Crippen LogP contribution < -0.4 is 4.90 Å². The van der Waals surface area contributed by atoms with Gasteiger partial charge in [0.05, 0.1) is 16.8 Å². The number of thiophene rings is 1. The summed E-state index contributed by atoms with van der Waals surface area (Å²) in [5.74, 6) is 0. The molecule has 0 saturated carbocycles. The van der Waals surface area contributed by atoms with Crippen LogP contribution in [0, 0.1) is 0 Å². The molecule has 0 spiro atoms. The Morgan fingerprint density at radius 1 is 0.323 bits per heavy atom. The Kier molecular flexibility index (Phi) is 8.75. The average Bonchev–Trinajstić information content (AvgIpc) is 3.96. The Balaban J connectivity index is 1.04. The molecule has 0 saturated heterocycles. The molecule has 65 heavy (non-hydrogen) atoms. The summed E-state index contributed by atoms with van der Waals surface area (Å²) < 4.78 is 9.58. The van der Waals surface area contributed by atoms with Crippen LogP contribution in [0.3, 0.4) is 0 Å². The second-order valence-corrected chi connectivity index (χ2v) is 17.9. The number of anilines is 3. The third kappa shape index (κ3) is 6.31. The van der Waals surface area contributed by atoms with Crippen LogP contribution in [0.15, 0.2) is 241 Å². The van der Waals surface area contributed by atoms with Gasteiger partial charge in [0.15, 0.2) is 0 Å².